The molecular weight excluding hydrogens is 232 g/mol. The van der Waals surface area contributed by atoms with Crippen molar-refractivity contribution in [2.45, 2.75) is 18.2 Å². The number of phenolic OH excluding ortho intramolecular Hbond substituents is 1. The van der Waals surface area contributed by atoms with Gasteiger partial charge in [0.1, 0.15) is 11.5 Å². The summed E-state index contributed by atoms with van der Waals surface area (Å²) in [5, 5.41) is 9.21. The second kappa shape index (κ2) is 4.51. The van der Waals surface area contributed by atoms with Gasteiger partial charge in [0, 0.05) is 10.9 Å². The summed E-state index contributed by atoms with van der Waals surface area (Å²) in [6.45, 7) is 2.08. The van der Waals surface area contributed by atoms with Gasteiger partial charge in [-0.25, -0.2) is 0 Å². The van der Waals surface area contributed by atoms with Crippen LogP contribution in [0.5, 0.6) is 11.5 Å². The van der Waals surface area contributed by atoms with Gasteiger partial charge in [-0.1, -0.05) is 28.9 Å². The monoisotopic (exact) mass is 244 g/mol. The van der Waals surface area contributed by atoms with Crippen LogP contribution in [0.1, 0.15) is 12.5 Å². The van der Waals surface area contributed by atoms with E-state index in [9.17, 15) is 5.11 Å². The molecule has 0 saturated carbocycles. The largest absolute Gasteiger partial charge is 0.508 e. The van der Waals surface area contributed by atoms with E-state index < -0.39 is 0 Å². The molecule has 0 aromatic heterocycles. The lowest BCUT2D eigenvalue weighted by atomic mass is 10.1. The Morgan fingerprint density at radius 1 is 1.54 bits per heavy atom. The van der Waals surface area contributed by atoms with Gasteiger partial charge in [-0.05, 0) is 18.1 Å². The van der Waals surface area contributed by atoms with Gasteiger partial charge in [0.2, 0.25) is 0 Å². The highest BCUT2D eigenvalue weighted by Crippen LogP contribution is 2.25. The molecule has 1 unspecified atom stereocenters. The fourth-order valence-corrected chi connectivity index (χ4v) is 1.55. The lowest BCUT2D eigenvalue weighted by molar-refractivity contribution is 0.402. The molecule has 0 bridgehead atoms. The minimum atomic E-state index is 0.239. The third-order valence-electron chi connectivity index (χ3n) is 1.77. The quantitative estimate of drug-likeness (QED) is 0.829. The van der Waals surface area contributed by atoms with Crippen LogP contribution in [0, 0.1) is 0 Å². The molecule has 0 amide bonds. The fraction of sp³-hybridized carbons (Fsp3) is 0.400. The number of benzene rings is 1. The summed E-state index contributed by atoms with van der Waals surface area (Å²) < 4.78 is 5.15. The van der Waals surface area contributed by atoms with Crippen molar-refractivity contribution in [3.05, 3.63) is 23.8 Å². The van der Waals surface area contributed by atoms with E-state index in [1.54, 1.807) is 19.2 Å². The van der Waals surface area contributed by atoms with E-state index >= 15 is 0 Å². The van der Waals surface area contributed by atoms with Gasteiger partial charge in [-0.15, -0.1) is 0 Å². The van der Waals surface area contributed by atoms with E-state index in [-0.39, 0.29) is 5.75 Å². The number of hydrogen-bond donors (Lipinski definition) is 1. The number of phenols is 1. The summed E-state index contributed by atoms with van der Waals surface area (Å²) in [4.78, 5) is 0.408. The van der Waals surface area contributed by atoms with Crippen molar-refractivity contribution in [2.24, 2.45) is 0 Å². The molecule has 1 rings (SSSR count). The zero-order valence-electron chi connectivity index (χ0n) is 7.75. The minimum absolute atomic E-state index is 0.239. The first-order valence-corrected chi connectivity index (χ1v) is 5.05. The van der Waals surface area contributed by atoms with E-state index in [1.165, 1.54) is 0 Å². The molecule has 0 aliphatic heterocycles. The molecule has 0 saturated heterocycles. The number of aromatic hydroxyl groups is 1. The highest BCUT2D eigenvalue weighted by molar-refractivity contribution is 9.09. The summed E-state index contributed by atoms with van der Waals surface area (Å²) in [6.07, 6.45) is 0.892. The van der Waals surface area contributed by atoms with E-state index in [2.05, 4.69) is 22.9 Å². The number of methoxy groups -OCH3 is 1. The van der Waals surface area contributed by atoms with Crippen LogP contribution in [0.2, 0.25) is 0 Å². The van der Waals surface area contributed by atoms with E-state index in [0.717, 1.165) is 17.7 Å². The SMILES string of the molecule is COc1cc(O)ccc1CC(C)Br. The number of ether oxygens (including phenoxy) is 1. The van der Waals surface area contributed by atoms with Crippen LogP contribution in [0.4, 0.5) is 0 Å². The second-order valence-electron chi connectivity index (χ2n) is 2.98. The molecule has 3 heteroatoms. The van der Waals surface area contributed by atoms with Gasteiger partial charge in [0.25, 0.3) is 0 Å². The Bertz CT molecular complexity index is 284. The maximum absolute atomic E-state index is 9.21. The van der Waals surface area contributed by atoms with Gasteiger partial charge in [0.15, 0.2) is 0 Å². The number of hydrogen-bond acceptors (Lipinski definition) is 2. The second-order valence-corrected chi connectivity index (χ2v) is 4.54. The topological polar surface area (TPSA) is 29.5 Å². The normalized spacial score (nSPS) is 12.5. The van der Waals surface area contributed by atoms with Crippen LogP contribution < -0.4 is 4.74 Å². The van der Waals surface area contributed by atoms with Crippen LogP contribution in [0.25, 0.3) is 0 Å². The molecule has 0 heterocycles. The van der Waals surface area contributed by atoms with E-state index in [1.807, 2.05) is 6.07 Å². The number of halogens is 1. The maximum atomic E-state index is 9.21. The van der Waals surface area contributed by atoms with Crippen molar-refractivity contribution in [1.82, 2.24) is 0 Å². The lowest BCUT2D eigenvalue weighted by Gasteiger charge is -2.09. The standard InChI is InChI=1S/C10H13BrO2/c1-7(11)5-8-3-4-9(12)6-10(8)13-2/h3-4,6-7,12H,5H2,1-2H3. The summed E-state index contributed by atoms with van der Waals surface area (Å²) in [7, 11) is 1.61. The number of rotatable bonds is 3. The molecule has 1 N–H and O–H groups in total. The van der Waals surface area contributed by atoms with Crippen LogP contribution in [0.3, 0.4) is 0 Å². The van der Waals surface area contributed by atoms with Crippen LogP contribution in [-0.2, 0) is 6.42 Å². The summed E-state index contributed by atoms with van der Waals surface area (Å²) in [5.41, 5.74) is 1.10. The lowest BCUT2D eigenvalue weighted by Crippen LogP contribution is -1.99. The van der Waals surface area contributed by atoms with Gasteiger partial charge in [-0.3, -0.25) is 0 Å². The van der Waals surface area contributed by atoms with Crippen molar-refractivity contribution >= 4 is 15.9 Å². The fourth-order valence-electron chi connectivity index (χ4n) is 1.20. The smallest absolute Gasteiger partial charge is 0.125 e. The third-order valence-corrected chi connectivity index (χ3v) is 2.10. The molecule has 13 heavy (non-hydrogen) atoms. The van der Waals surface area contributed by atoms with Gasteiger partial charge >= 0.3 is 0 Å². The van der Waals surface area contributed by atoms with Gasteiger partial charge < -0.3 is 9.84 Å². The average Bonchev–Trinajstić information content (AvgIpc) is 2.07. The van der Waals surface area contributed by atoms with Crippen molar-refractivity contribution < 1.29 is 9.84 Å². The zero-order chi connectivity index (χ0) is 9.84. The molecule has 0 aliphatic rings. The van der Waals surface area contributed by atoms with Crippen LogP contribution >= 0.6 is 15.9 Å². The predicted molar refractivity (Wildman–Crippen MR) is 56.8 cm³/mol. The van der Waals surface area contributed by atoms with Gasteiger partial charge in [-0.2, -0.15) is 0 Å². The summed E-state index contributed by atoms with van der Waals surface area (Å²) in [5.74, 6) is 0.981. The molecule has 0 spiro atoms. The summed E-state index contributed by atoms with van der Waals surface area (Å²) in [6, 6.07) is 5.18. The van der Waals surface area contributed by atoms with Crippen molar-refractivity contribution in [3.63, 3.8) is 0 Å². The highest BCUT2D eigenvalue weighted by Gasteiger charge is 2.06. The number of alkyl halides is 1. The molecule has 1 aromatic rings. The minimum Gasteiger partial charge on any atom is -0.508 e. The third kappa shape index (κ3) is 2.92. The molecule has 0 fully saturated rings. The molecule has 72 valence electrons. The predicted octanol–water partition coefficient (Wildman–Crippen LogP) is 2.73. The molecule has 0 radical (unpaired) electrons. The first-order valence-electron chi connectivity index (χ1n) is 4.13. The van der Waals surface area contributed by atoms with Crippen LogP contribution in [0.15, 0.2) is 18.2 Å². The van der Waals surface area contributed by atoms with E-state index in [0.29, 0.717) is 4.83 Å². The van der Waals surface area contributed by atoms with Crippen molar-refractivity contribution in [2.75, 3.05) is 7.11 Å². The Morgan fingerprint density at radius 3 is 2.77 bits per heavy atom. The van der Waals surface area contributed by atoms with E-state index in [4.69, 9.17) is 4.74 Å². The first kappa shape index (κ1) is 10.4. The molecule has 1 aromatic carbocycles. The Kier molecular flexibility index (Phi) is 3.60. The van der Waals surface area contributed by atoms with Crippen molar-refractivity contribution in [3.8, 4) is 11.5 Å². The Balaban J connectivity index is 2.92. The van der Waals surface area contributed by atoms with Crippen LogP contribution in [-0.4, -0.2) is 17.0 Å². The Labute approximate surface area is 86.7 Å². The molecular formula is C10H13BrO2. The zero-order valence-corrected chi connectivity index (χ0v) is 9.34. The molecule has 2 nitrogen and oxygen atoms in total. The Hall–Kier alpha value is -0.700. The van der Waals surface area contributed by atoms with Crippen molar-refractivity contribution in [1.29, 1.82) is 0 Å². The highest BCUT2D eigenvalue weighted by atomic mass is 79.9. The molecule has 1 atom stereocenters. The average molecular weight is 245 g/mol. The molecule has 0 aliphatic carbocycles. The van der Waals surface area contributed by atoms with Gasteiger partial charge in [0.05, 0.1) is 7.11 Å². The Morgan fingerprint density at radius 2 is 2.23 bits per heavy atom. The summed E-state index contributed by atoms with van der Waals surface area (Å²) >= 11 is 3.47. The maximum Gasteiger partial charge on any atom is 0.125 e. The first-order chi connectivity index (χ1) is 6.13.